The number of benzene rings is 8. The van der Waals surface area contributed by atoms with Crippen molar-refractivity contribution < 1.29 is 8.83 Å². The molecule has 0 spiro atoms. The van der Waals surface area contributed by atoms with E-state index in [-0.39, 0.29) is 0 Å². The highest BCUT2D eigenvalue weighted by atomic mass is 16.3. The second kappa shape index (κ2) is 14.4. The molecule has 0 bridgehead atoms. The molecule has 5 heterocycles. The molecule has 0 N–H and O–H groups in total. The second-order valence-electron chi connectivity index (χ2n) is 16.0. The molecule has 0 saturated carbocycles. The van der Waals surface area contributed by atoms with E-state index < -0.39 is 0 Å². The van der Waals surface area contributed by atoms with E-state index in [0.29, 0.717) is 17.5 Å². The topological polar surface area (TPSA) is 90.7 Å². The van der Waals surface area contributed by atoms with Crippen LogP contribution in [0.1, 0.15) is 0 Å². The van der Waals surface area contributed by atoms with Crippen molar-refractivity contribution in [2.45, 2.75) is 0 Å². The molecule has 0 atom stereocenters. The van der Waals surface area contributed by atoms with Gasteiger partial charge in [0, 0.05) is 71.9 Å². The summed E-state index contributed by atoms with van der Waals surface area (Å²) in [5.74, 6) is 1.67. The normalized spacial score (nSPS) is 11.8. The minimum Gasteiger partial charge on any atom is -0.455 e. The summed E-state index contributed by atoms with van der Waals surface area (Å²) < 4.78 is 13.2. The van der Waals surface area contributed by atoms with E-state index in [1.165, 1.54) is 0 Å². The van der Waals surface area contributed by atoms with Crippen LogP contribution in [0.2, 0.25) is 0 Å². The standard InChI is InChI=1S/C57H33N5O2/c1-2-11-37(12-3-1)55-60-56(38-26-22-34(23-27-38)48-29-28-36-25-24-35-13-10-30-58-51(35)52(36)59-48)62-57(61-55)41-32-39(42-16-8-18-46-44-14-4-6-20-49(44)63-53(42)46)31-40(33-41)43-17-9-19-47-45-15-5-7-21-50(45)64-54(43)47/h1-33H. The average Bonchev–Trinajstić information content (AvgIpc) is 3.95. The summed E-state index contributed by atoms with van der Waals surface area (Å²) in [5.41, 5.74) is 13.4. The van der Waals surface area contributed by atoms with Gasteiger partial charge in [0.25, 0.3) is 0 Å². The molecular formula is C57H33N5O2. The van der Waals surface area contributed by atoms with Gasteiger partial charge in [0.1, 0.15) is 22.3 Å². The minimum atomic E-state index is 0.542. The summed E-state index contributed by atoms with van der Waals surface area (Å²) in [4.78, 5) is 25.3. The Bertz CT molecular complexity index is 3840. The lowest BCUT2D eigenvalue weighted by atomic mass is 9.94. The van der Waals surface area contributed by atoms with E-state index in [1.54, 1.807) is 0 Å². The van der Waals surface area contributed by atoms with Crippen molar-refractivity contribution in [2.24, 2.45) is 0 Å². The fourth-order valence-electron chi connectivity index (χ4n) is 9.04. The van der Waals surface area contributed by atoms with Crippen LogP contribution in [0.25, 0.3) is 133 Å². The maximum absolute atomic E-state index is 6.61. The number of hydrogen-bond donors (Lipinski definition) is 0. The van der Waals surface area contributed by atoms with Gasteiger partial charge in [-0.1, -0.05) is 152 Å². The van der Waals surface area contributed by atoms with Crippen molar-refractivity contribution in [2.75, 3.05) is 0 Å². The lowest BCUT2D eigenvalue weighted by Crippen LogP contribution is -2.00. The SMILES string of the molecule is c1ccc(-c2nc(-c3ccc(-c4ccc5ccc6cccnc6c5n4)cc3)nc(-c3cc(-c4cccc5c4oc4ccccc45)cc(-c4cccc5c4oc4ccccc45)c3)n2)cc1. The summed E-state index contributed by atoms with van der Waals surface area (Å²) in [6, 6.07) is 66.3. The third-order valence-electron chi connectivity index (χ3n) is 12.2. The van der Waals surface area contributed by atoms with Crippen LogP contribution in [-0.2, 0) is 0 Å². The molecular weight excluding hydrogens is 787 g/mol. The van der Waals surface area contributed by atoms with Gasteiger partial charge in [0.05, 0.1) is 16.7 Å². The Morgan fingerprint density at radius 2 is 0.812 bits per heavy atom. The maximum Gasteiger partial charge on any atom is 0.164 e. The van der Waals surface area contributed by atoms with Gasteiger partial charge in [0.2, 0.25) is 0 Å². The van der Waals surface area contributed by atoms with Gasteiger partial charge in [0.15, 0.2) is 17.5 Å². The monoisotopic (exact) mass is 819 g/mol. The molecule has 0 unspecified atom stereocenters. The molecule has 0 aliphatic rings. The van der Waals surface area contributed by atoms with E-state index in [9.17, 15) is 0 Å². The Morgan fingerprint density at radius 1 is 0.312 bits per heavy atom. The lowest BCUT2D eigenvalue weighted by Gasteiger charge is -2.13. The first-order valence-corrected chi connectivity index (χ1v) is 21.2. The van der Waals surface area contributed by atoms with Gasteiger partial charge < -0.3 is 8.83 Å². The molecule has 8 aromatic carbocycles. The largest absolute Gasteiger partial charge is 0.455 e. The van der Waals surface area contributed by atoms with Crippen LogP contribution in [0.3, 0.4) is 0 Å². The van der Waals surface area contributed by atoms with Crippen molar-refractivity contribution in [3.63, 3.8) is 0 Å². The predicted octanol–water partition coefficient (Wildman–Crippen LogP) is 14.8. The van der Waals surface area contributed by atoms with Gasteiger partial charge in [-0.3, -0.25) is 4.98 Å². The van der Waals surface area contributed by atoms with E-state index in [1.807, 2.05) is 79.0 Å². The lowest BCUT2D eigenvalue weighted by molar-refractivity contribution is 0.670. The molecule has 13 rings (SSSR count). The highest BCUT2D eigenvalue weighted by Crippen LogP contribution is 2.42. The zero-order valence-corrected chi connectivity index (χ0v) is 34.1. The van der Waals surface area contributed by atoms with Crippen molar-refractivity contribution in [1.82, 2.24) is 24.9 Å². The summed E-state index contributed by atoms with van der Waals surface area (Å²) in [6.07, 6.45) is 1.82. The molecule has 7 nitrogen and oxygen atoms in total. The Morgan fingerprint density at radius 3 is 1.45 bits per heavy atom. The van der Waals surface area contributed by atoms with Crippen molar-refractivity contribution in [3.05, 3.63) is 200 Å². The quantitative estimate of drug-likeness (QED) is 0.154. The third kappa shape index (κ3) is 5.94. The van der Waals surface area contributed by atoms with Gasteiger partial charge >= 0.3 is 0 Å². The predicted molar refractivity (Wildman–Crippen MR) is 258 cm³/mol. The molecule has 7 heteroatoms. The highest BCUT2D eigenvalue weighted by Gasteiger charge is 2.20. The molecule has 298 valence electrons. The average molecular weight is 820 g/mol. The molecule has 0 fully saturated rings. The van der Waals surface area contributed by atoms with Crippen LogP contribution in [0.5, 0.6) is 0 Å². The van der Waals surface area contributed by atoms with Crippen molar-refractivity contribution in [1.29, 1.82) is 0 Å². The Balaban J connectivity index is 0.996. The minimum absolute atomic E-state index is 0.542. The second-order valence-corrected chi connectivity index (χ2v) is 16.0. The number of pyridine rings is 2. The van der Waals surface area contributed by atoms with E-state index in [2.05, 4.69) is 126 Å². The van der Waals surface area contributed by atoms with E-state index in [4.69, 9.17) is 28.8 Å². The number of aromatic nitrogens is 5. The fourth-order valence-corrected chi connectivity index (χ4v) is 9.04. The summed E-state index contributed by atoms with van der Waals surface area (Å²) in [6.45, 7) is 0. The van der Waals surface area contributed by atoms with Crippen LogP contribution in [0, 0.1) is 0 Å². The number of fused-ring (bicyclic) bond motifs is 9. The number of para-hydroxylation sites is 4. The van der Waals surface area contributed by atoms with E-state index in [0.717, 1.165) is 116 Å². The van der Waals surface area contributed by atoms with Gasteiger partial charge in [-0.05, 0) is 53.6 Å². The number of hydrogen-bond acceptors (Lipinski definition) is 7. The first kappa shape index (κ1) is 35.9. The van der Waals surface area contributed by atoms with Gasteiger partial charge in [-0.25, -0.2) is 19.9 Å². The molecule has 13 aromatic rings. The molecule has 0 aliphatic heterocycles. The third-order valence-corrected chi connectivity index (χ3v) is 12.2. The summed E-state index contributed by atoms with van der Waals surface area (Å²) in [7, 11) is 0. The van der Waals surface area contributed by atoms with Crippen LogP contribution in [-0.4, -0.2) is 24.9 Å². The fraction of sp³-hybridized carbons (Fsp3) is 0. The van der Waals surface area contributed by atoms with Crippen LogP contribution < -0.4 is 0 Å². The number of furan rings is 2. The summed E-state index contributed by atoms with van der Waals surface area (Å²) in [5, 5.41) is 6.37. The van der Waals surface area contributed by atoms with Crippen LogP contribution in [0.4, 0.5) is 0 Å². The van der Waals surface area contributed by atoms with Crippen molar-refractivity contribution >= 4 is 65.7 Å². The molecule has 0 aliphatic carbocycles. The Kier molecular flexibility index (Phi) is 8.08. The number of rotatable bonds is 6. The zero-order chi connectivity index (χ0) is 42.1. The van der Waals surface area contributed by atoms with Crippen LogP contribution >= 0.6 is 0 Å². The van der Waals surface area contributed by atoms with Crippen molar-refractivity contribution in [3.8, 4) is 67.7 Å². The maximum atomic E-state index is 6.61. The van der Waals surface area contributed by atoms with Crippen LogP contribution in [0.15, 0.2) is 209 Å². The smallest absolute Gasteiger partial charge is 0.164 e. The first-order chi connectivity index (χ1) is 31.7. The number of nitrogens with zero attached hydrogens (tertiary/aromatic N) is 5. The molecule has 64 heavy (non-hydrogen) atoms. The molecule has 0 amide bonds. The Labute approximate surface area is 366 Å². The molecule has 5 aromatic heterocycles. The van der Waals surface area contributed by atoms with Gasteiger partial charge in [-0.2, -0.15) is 0 Å². The summed E-state index contributed by atoms with van der Waals surface area (Å²) >= 11 is 0. The van der Waals surface area contributed by atoms with Gasteiger partial charge in [-0.15, -0.1) is 0 Å². The Hall–Kier alpha value is -8.81. The highest BCUT2D eigenvalue weighted by molar-refractivity contribution is 6.12. The zero-order valence-electron chi connectivity index (χ0n) is 34.1. The van der Waals surface area contributed by atoms with E-state index >= 15 is 0 Å². The molecule has 0 saturated heterocycles. The first-order valence-electron chi connectivity index (χ1n) is 21.2. The molecule has 0 radical (unpaired) electrons.